The molecule has 4 aromatic rings. The number of nitro groups is 1. The van der Waals surface area contributed by atoms with Gasteiger partial charge in [-0.2, -0.15) is 0 Å². The molecule has 0 bridgehead atoms. The van der Waals surface area contributed by atoms with Crippen LogP contribution < -0.4 is 0 Å². The van der Waals surface area contributed by atoms with Gasteiger partial charge in [0.05, 0.1) is 10.5 Å². The summed E-state index contributed by atoms with van der Waals surface area (Å²) in [6, 6.07) is 23.3. The minimum Gasteiger partial charge on any atom is -0.355 e. The fraction of sp³-hybridized carbons (Fsp3) is 0.0476. The highest BCUT2D eigenvalue weighted by atomic mass is 16.6. The average molecular weight is 328 g/mol. The third-order valence-electron chi connectivity index (χ3n) is 4.37. The predicted octanol–water partition coefficient (Wildman–Crippen LogP) is 5.72. The van der Waals surface area contributed by atoms with Crippen molar-refractivity contribution in [3.8, 4) is 22.4 Å². The number of hydrogen-bond acceptors (Lipinski definition) is 2. The Balaban J connectivity index is 1.85. The van der Waals surface area contributed by atoms with Crippen LogP contribution in [0.4, 0.5) is 5.69 Å². The van der Waals surface area contributed by atoms with E-state index in [9.17, 15) is 10.1 Å². The molecule has 4 heteroatoms. The van der Waals surface area contributed by atoms with Crippen molar-refractivity contribution in [1.29, 1.82) is 0 Å². The first kappa shape index (κ1) is 15.1. The van der Waals surface area contributed by atoms with E-state index >= 15 is 0 Å². The molecule has 0 aliphatic rings. The highest BCUT2D eigenvalue weighted by Gasteiger charge is 2.16. The lowest BCUT2D eigenvalue weighted by molar-refractivity contribution is -0.384. The molecule has 4 nitrogen and oxygen atoms in total. The Hall–Kier alpha value is -3.40. The van der Waals surface area contributed by atoms with Gasteiger partial charge in [-0.15, -0.1) is 0 Å². The molecule has 0 amide bonds. The van der Waals surface area contributed by atoms with Gasteiger partial charge in [-0.05, 0) is 36.2 Å². The predicted molar refractivity (Wildman–Crippen MR) is 101 cm³/mol. The van der Waals surface area contributed by atoms with Gasteiger partial charge in [0.15, 0.2) is 0 Å². The number of aryl methyl sites for hydroxylation is 1. The molecule has 0 atom stereocenters. The second kappa shape index (κ2) is 5.91. The minimum atomic E-state index is -0.330. The van der Waals surface area contributed by atoms with Crippen molar-refractivity contribution in [2.75, 3.05) is 0 Å². The van der Waals surface area contributed by atoms with Crippen molar-refractivity contribution in [2.45, 2.75) is 6.92 Å². The smallest absolute Gasteiger partial charge is 0.277 e. The Labute approximate surface area is 144 Å². The molecular formula is C21H16N2O2. The van der Waals surface area contributed by atoms with Crippen LogP contribution in [0.5, 0.6) is 0 Å². The van der Waals surface area contributed by atoms with Crippen molar-refractivity contribution in [2.24, 2.45) is 0 Å². The highest BCUT2D eigenvalue weighted by Crippen LogP contribution is 2.33. The number of aromatic nitrogens is 1. The van der Waals surface area contributed by atoms with Crippen LogP contribution in [0.3, 0.4) is 0 Å². The summed E-state index contributed by atoms with van der Waals surface area (Å²) in [5.74, 6) is 0. The van der Waals surface area contributed by atoms with Crippen LogP contribution in [0.25, 0.3) is 33.3 Å². The van der Waals surface area contributed by atoms with E-state index in [-0.39, 0.29) is 10.6 Å². The molecular weight excluding hydrogens is 312 g/mol. The fourth-order valence-electron chi connectivity index (χ4n) is 3.11. The minimum absolute atomic E-state index is 0.125. The molecule has 1 aromatic heterocycles. The number of nitrogens with one attached hydrogen (secondary N) is 1. The van der Waals surface area contributed by atoms with Crippen molar-refractivity contribution in [1.82, 2.24) is 4.98 Å². The lowest BCUT2D eigenvalue weighted by Crippen LogP contribution is -1.92. The molecule has 0 aliphatic carbocycles. The summed E-state index contributed by atoms with van der Waals surface area (Å²) in [5, 5.41) is 12.4. The van der Waals surface area contributed by atoms with Gasteiger partial charge in [-0.25, -0.2) is 0 Å². The van der Waals surface area contributed by atoms with E-state index in [1.165, 1.54) is 0 Å². The summed E-state index contributed by atoms with van der Waals surface area (Å²) < 4.78 is 0. The summed E-state index contributed by atoms with van der Waals surface area (Å²) in [5.41, 5.74) is 5.71. The Bertz CT molecular complexity index is 1080. The monoisotopic (exact) mass is 328 g/mol. The van der Waals surface area contributed by atoms with Gasteiger partial charge in [0, 0.05) is 22.7 Å². The molecule has 25 heavy (non-hydrogen) atoms. The third-order valence-corrected chi connectivity index (χ3v) is 4.37. The van der Waals surface area contributed by atoms with Gasteiger partial charge in [-0.1, -0.05) is 54.1 Å². The lowest BCUT2D eigenvalue weighted by Gasteiger charge is -2.05. The van der Waals surface area contributed by atoms with E-state index in [1.807, 2.05) is 49.4 Å². The number of nitro benzene ring substituents is 1. The van der Waals surface area contributed by atoms with Gasteiger partial charge < -0.3 is 4.98 Å². The van der Waals surface area contributed by atoms with Gasteiger partial charge in [0.1, 0.15) is 0 Å². The van der Waals surface area contributed by atoms with E-state index in [2.05, 4.69) is 23.2 Å². The number of fused-ring (bicyclic) bond motifs is 1. The van der Waals surface area contributed by atoms with Gasteiger partial charge in [0.25, 0.3) is 5.69 Å². The maximum absolute atomic E-state index is 11.4. The average Bonchev–Trinajstić information content (AvgIpc) is 3.05. The lowest BCUT2D eigenvalue weighted by atomic mass is 10.0. The zero-order valence-electron chi connectivity index (χ0n) is 13.7. The highest BCUT2D eigenvalue weighted by molar-refractivity contribution is 5.90. The van der Waals surface area contributed by atoms with E-state index in [0.29, 0.717) is 5.56 Å². The molecule has 0 aliphatic heterocycles. The molecule has 0 fully saturated rings. The second-order valence-corrected chi connectivity index (χ2v) is 6.13. The molecule has 3 aromatic carbocycles. The summed E-state index contributed by atoms with van der Waals surface area (Å²) in [6.07, 6.45) is 0. The van der Waals surface area contributed by atoms with E-state index < -0.39 is 0 Å². The van der Waals surface area contributed by atoms with E-state index in [1.54, 1.807) is 12.1 Å². The van der Waals surface area contributed by atoms with Crippen LogP contribution in [0.15, 0.2) is 72.8 Å². The largest absolute Gasteiger partial charge is 0.355 e. The molecule has 0 spiro atoms. The number of hydrogen-bond donors (Lipinski definition) is 1. The third kappa shape index (κ3) is 2.78. The Morgan fingerprint density at radius 3 is 2.44 bits per heavy atom. The standard InChI is InChI=1S/C21H16N2O2/c1-14-7-10-21(23(24)25)18(11-14)16-8-9-17-13-19(22-20(17)12-16)15-5-3-2-4-6-15/h2-13,22H,1H3. The molecule has 1 heterocycles. The van der Waals surface area contributed by atoms with Crippen molar-refractivity contribution < 1.29 is 4.92 Å². The second-order valence-electron chi connectivity index (χ2n) is 6.13. The molecule has 0 saturated heterocycles. The van der Waals surface area contributed by atoms with Crippen LogP contribution in [-0.2, 0) is 0 Å². The van der Waals surface area contributed by atoms with E-state index in [4.69, 9.17) is 0 Å². The number of aromatic amines is 1. The Morgan fingerprint density at radius 2 is 1.68 bits per heavy atom. The number of rotatable bonds is 3. The maximum Gasteiger partial charge on any atom is 0.277 e. The fourth-order valence-corrected chi connectivity index (χ4v) is 3.11. The summed E-state index contributed by atoms with van der Waals surface area (Å²) >= 11 is 0. The van der Waals surface area contributed by atoms with Crippen molar-refractivity contribution in [3.63, 3.8) is 0 Å². The number of H-pyrrole nitrogens is 1. The SMILES string of the molecule is Cc1ccc([N+](=O)[O-])c(-c2ccc3cc(-c4ccccc4)[nH]c3c2)c1. The van der Waals surface area contributed by atoms with Gasteiger partial charge in [-0.3, -0.25) is 10.1 Å². The zero-order valence-corrected chi connectivity index (χ0v) is 13.7. The van der Waals surface area contributed by atoms with Gasteiger partial charge >= 0.3 is 0 Å². The molecule has 4 rings (SSSR count). The zero-order chi connectivity index (χ0) is 17.4. The molecule has 0 unspecified atom stereocenters. The first-order valence-corrected chi connectivity index (χ1v) is 8.05. The van der Waals surface area contributed by atoms with Crippen LogP contribution in [0, 0.1) is 17.0 Å². The Morgan fingerprint density at radius 1 is 0.880 bits per heavy atom. The van der Waals surface area contributed by atoms with Crippen molar-refractivity contribution in [3.05, 3.63) is 88.5 Å². The summed E-state index contributed by atoms with van der Waals surface area (Å²) in [4.78, 5) is 14.4. The summed E-state index contributed by atoms with van der Waals surface area (Å²) in [7, 11) is 0. The quantitative estimate of drug-likeness (QED) is 0.386. The van der Waals surface area contributed by atoms with Crippen LogP contribution in [-0.4, -0.2) is 9.91 Å². The van der Waals surface area contributed by atoms with Crippen LogP contribution in [0.2, 0.25) is 0 Å². The number of nitrogens with zero attached hydrogens (tertiary/aromatic N) is 1. The topological polar surface area (TPSA) is 58.9 Å². The molecule has 1 N–H and O–H groups in total. The van der Waals surface area contributed by atoms with Crippen molar-refractivity contribution >= 4 is 16.6 Å². The maximum atomic E-state index is 11.4. The molecule has 0 radical (unpaired) electrons. The normalized spacial score (nSPS) is 10.9. The van der Waals surface area contributed by atoms with Crippen LogP contribution in [0.1, 0.15) is 5.56 Å². The molecule has 122 valence electrons. The Kier molecular flexibility index (Phi) is 3.58. The summed E-state index contributed by atoms with van der Waals surface area (Å²) in [6.45, 7) is 1.94. The van der Waals surface area contributed by atoms with E-state index in [0.717, 1.165) is 33.3 Å². The first-order chi connectivity index (χ1) is 12.1. The first-order valence-electron chi connectivity index (χ1n) is 8.05. The number of benzene rings is 3. The van der Waals surface area contributed by atoms with Crippen LogP contribution >= 0.6 is 0 Å². The molecule has 0 saturated carbocycles. The van der Waals surface area contributed by atoms with Gasteiger partial charge in [0.2, 0.25) is 0 Å².